The second-order valence-electron chi connectivity index (χ2n) is 5.92. The van der Waals surface area contributed by atoms with Crippen LogP contribution >= 0.6 is 0 Å². The highest BCUT2D eigenvalue weighted by molar-refractivity contribution is 5.94. The summed E-state index contributed by atoms with van der Waals surface area (Å²) in [5.41, 5.74) is 1.48. The van der Waals surface area contributed by atoms with Gasteiger partial charge in [0.1, 0.15) is 11.5 Å². The Kier molecular flexibility index (Phi) is 6.55. The van der Waals surface area contributed by atoms with Crippen molar-refractivity contribution >= 4 is 11.7 Å². The zero-order valence-corrected chi connectivity index (χ0v) is 14.8. The van der Waals surface area contributed by atoms with Crippen LogP contribution in [0.1, 0.15) is 47.9 Å². The summed E-state index contributed by atoms with van der Waals surface area (Å²) in [5, 5.41) is 2.76. The van der Waals surface area contributed by atoms with Crippen molar-refractivity contribution in [1.82, 2.24) is 10.3 Å². The van der Waals surface area contributed by atoms with E-state index in [1.54, 1.807) is 19.9 Å². The number of amides is 1. The van der Waals surface area contributed by atoms with E-state index in [0.29, 0.717) is 23.2 Å². The Labute approximate surface area is 154 Å². The van der Waals surface area contributed by atoms with E-state index in [4.69, 9.17) is 0 Å². The Morgan fingerprint density at radius 2 is 1.85 bits per heavy atom. The summed E-state index contributed by atoms with van der Waals surface area (Å²) in [6.07, 6.45) is -2.74. The highest BCUT2D eigenvalue weighted by atomic mass is 19.4. The normalized spacial score (nSPS) is 12.3. The maximum Gasteiger partial charge on any atom is 0.573 e. The van der Waals surface area contributed by atoms with Gasteiger partial charge in [-0.25, -0.2) is 0 Å². The van der Waals surface area contributed by atoms with E-state index in [0.717, 1.165) is 0 Å². The summed E-state index contributed by atoms with van der Waals surface area (Å²) < 4.78 is 40.4. The molecule has 1 unspecified atom stereocenters. The molecule has 2 aromatic rings. The van der Waals surface area contributed by atoms with Gasteiger partial charge in [-0.1, -0.05) is 19.1 Å². The monoisotopic (exact) mass is 380 g/mol. The van der Waals surface area contributed by atoms with Crippen LogP contribution in [0.4, 0.5) is 13.2 Å². The number of nitrogens with one attached hydrogen (secondary N) is 1. The number of ketones is 1. The average molecular weight is 380 g/mol. The fraction of sp³-hybridized carbons (Fsp3) is 0.316. The Morgan fingerprint density at radius 1 is 1.19 bits per heavy atom. The number of hydrogen-bond acceptors (Lipinski definition) is 4. The molecule has 1 amide bonds. The number of Topliss-reactive ketones (excluding diaryl/α,β-unsaturated/α-hetero) is 1. The number of ether oxygens (including phenoxy) is 1. The van der Waals surface area contributed by atoms with Gasteiger partial charge in [-0.05, 0) is 36.8 Å². The molecule has 1 aromatic heterocycles. The molecule has 0 bridgehead atoms. The molecule has 0 spiro atoms. The van der Waals surface area contributed by atoms with Crippen LogP contribution in [0, 0.1) is 0 Å². The summed E-state index contributed by atoms with van der Waals surface area (Å²) in [6.45, 7) is 3.46. The molecule has 8 heteroatoms. The molecule has 27 heavy (non-hydrogen) atoms. The smallest absolute Gasteiger partial charge is 0.406 e. The second kappa shape index (κ2) is 8.66. The van der Waals surface area contributed by atoms with E-state index in [1.807, 2.05) is 0 Å². The van der Waals surface area contributed by atoms with Gasteiger partial charge >= 0.3 is 6.36 Å². The first-order valence-corrected chi connectivity index (χ1v) is 8.31. The number of alkyl halides is 3. The van der Waals surface area contributed by atoms with E-state index in [-0.39, 0.29) is 23.9 Å². The molecular weight excluding hydrogens is 361 g/mol. The van der Waals surface area contributed by atoms with Crippen LogP contribution in [0.2, 0.25) is 0 Å². The van der Waals surface area contributed by atoms with Gasteiger partial charge in [-0.15, -0.1) is 13.2 Å². The average Bonchev–Trinajstić information content (AvgIpc) is 2.61. The minimum atomic E-state index is -4.75. The SMILES string of the molecule is CCC(=O)Cc1cc(C(=O)NC(C)c2ccc(OC(F)(F)F)cc2)ccn1. The number of rotatable bonds is 7. The summed E-state index contributed by atoms with van der Waals surface area (Å²) in [7, 11) is 0. The molecule has 0 aliphatic rings. The van der Waals surface area contributed by atoms with Gasteiger partial charge in [0.25, 0.3) is 5.91 Å². The molecule has 2 rings (SSSR count). The molecule has 0 aliphatic heterocycles. The predicted molar refractivity (Wildman–Crippen MR) is 92.2 cm³/mol. The van der Waals surface area contributed by atoms with E-state index in [1.165, 1.54) is 36.5 Å². The molecular formula is C19H19F3N2O3. The minimum absolute atomic E-state index is 0.0228. The van der Waals surface area contributed by atoms with Gasteiger partial charge < -0.3 is 10.1 Å². The van der Waals surface area contributed by atoms with Gasteiger partial charge in [-0.3, -0.25) is 14.6 Å². The van der Waals surface area contributed by atoms with Gasteiger partial charge in [0.2, 0.25) is 0 Å². The zero-order chi connectivity index (χ0) is 20.0. The van der Waals surface area contributed by atoms with Crippen molar-refractivity contribution in [3.05, 3.63) is 59.4 Å². The Hall–Kier alpha value is -2.90. The van der Waals surface area contributed by atoms with Crippen molar-refractivity contribution in [3.8, 4) is 5.75 Å². The third-order valence-corrected chi connectivity index (χ3v) is 3.81. The van der Waals surface area contributed by atoms with Crippen molar-refractivity contribution in [2.75, 3.05) is 0 Å². The van der Waals surface area contributed by atoms with Crippen molar-refractivity contribution in [2.24, 2.45) is 0 Å². The Bertz CT molecular complexity index is 805. The van der Waals surface area contributed by atoms with E-state index in [9.17, 15) is 22.8 Å². The molecule has 0 aliphatic carbocycles. The molecule has 1 atom stereocenters. The highest BCUT2D eigenvalue weighted by Crippen LogP contribution is 2.24. The highest BCUT2D eigenvalue weighted by Gasteiger charge is 2.31. The van der Waals surface area contributed by atoms with E-state index < -0.39 is 12.4 Å². The van der Waals surface area contributed by atoms with Gasteiger partial charge in [0.15, 0.2) is 0 Å². The molecule has 1 N–H and O–H groups in total. The summed E-state index contributed by atoms with van der Waals surface area (Å²) in [6, 6.07) is 7.91. The summed E-state index contributed by atoms with van der Waals surface area (Å²) in [5.74, 6) is -0.676. The molecule has 1 aromatic carbocycles. The lowest BCUT2D eigenvalue weighted by Gasteiger charge is -2.15. The first-order chi connectivity index (χ1) is 12.7. The number of carbonyl (C=O) groups is 2. The fourth-order valence-electron chi connectivity index (χ4n) is 2.36. The molecule has 0 saturated carbocycles. The number of halogens is 3. The van der Waals surface area contributed by atoms with Crippen LogP contribution in [0.5, 0.6) is 5.75 Å². The zero-order valence-electron chi connectivity index (χ0n) is 14.8. The predicted octanol–water partition coefficient (Wildman–Crippen LogP) is 3.99. The summed E-state index contributed by atoms with van der Waals surface area (Å²) >= 11 is 0. The Balaban J connectivity index is 2.03. The lowest BCUT2D eigenvalue weighted by atomic mass is 10.1. The number of benzene rings is 1. The minimum Gasteiger partial charge on any atom is -0.406 e. The van der Waals surface area contributed by atoms with Gasteiger partial charge in [0.05, 0.1) is 6.04 Å². The van der Waals surface area contributed by atoms with Gasteiger partial charge in [-0.2, -0.15) is 0 Å². The molecule has 0 radical (unpaired) electrons. The largest absolute Gasteiger partial charge is 0.573 e. The molecule has 1 heterocycles. The van der Waals surface area contributed by atoms with Crippen LogP contribution in [0.15, 0.2) is 42.6 Å². The van der Waals surface area contributed by atoms with E-state index in [2.05, 4.69) is 15.0 Å². The van der Waals surface area contributed by atoms with Crippen molar-refractivity contribution < 1.29 is 27.5 Å². The first-order valence-electron chi connectivity index (χ1n) is 8.31. The van der Waals surface area contributed by atoms with Gasteiger partial charge in [0, 0.05) is 30.3 Å². The number of pyridine rings is 1. The molecule has 0 fully saturated rings. The fourth-order valence-corrected chi connectivity index (χ4v) is 2.36. The number of hydrogen-bond donors (Lipinski definition) is 1. The number of carbonyl (C=O) groups excluding carboxylic acids is 2. The number of aromatic nitrogens is 1. The molecule has 144 valence electrons. The maximum atomic E-state index is 12.4. The molecule has 5 nitrogen and oxygen atoms in total. The lowest BCUT2D eigenvalue weighted by molar-refractivity contribution is -0.274. The quantitative estimate of drug-likeness (QED) is 0.789. The van der Waals surface area contributed by atoms with Crippen LogP contribution in [-0.4, -0.2) is 23.0 Å². The topological polar surface area (TPSA) is 68.3 Å². The lowest BCUT2D eigenvalue weighted by Crippen LogP contribution is -2.27. The van der Waals surface area contributed by atoms with E-state index >= 15 is 0 Å². The second-order valence-corrected chi connectivity index (χ2v) is 5.92. The van der Waals surface area contributed by atoms with Crippen molar-refractivity contribution in [3.63, 3.8) is 0 Å². The third-order valence-electron chi connectivity index (χ3n) is 3.81. The van der Waals surface area contributed by atoms with Crippen LogP contribution in [0.25, 0.3) is 0 Å². The maximum absolute atomic E-state index is 12.4. The van der Waals surface area contributed by atoms with Crippen LogP contribution in [-0.2, 0) is 11.2 Å². The standard InChI is InChI=1S/C19H19F3N2O3/c1-3-16(25)11-15-10-14(8-9-23-15)18(26)24-12(2)13-4-6-17(7-5-13)27-19(20,21)22/h4-10,12H,3,11H2,1-2H3,(H,24,26). The van der Waals surface area contributed by atoms with Crippen molar-refractivity contribution in [1.29, 1.82) is 0 Å². The van der Waals surface area contributed by atoms with Crippen LogP contribution in [0.3, 0.4) is 0 Å². The summed E-state index contributed by atoms with van der Waals surface area (Å²) in [4.78, 5) is 28.0. The Morgan fingerprint density at radius 3 is 2.44 bits per heavy atom. The molecule has 0 saturated heterocycles. The van der Waals surface area contributed by atoms with Crippen LogP contribution < -0.4 is 10.1 Å². The third kappa shape index (κ3) is 6.40. The first kappa shape index (κ1) is 20.4. The number of nitrogens with zero attached hydrogens (tertiary/aromatic N) is 1. The van der Waals surface area contributed by atoms with Crippen molar-refractivity contribution in [2.45, 2.75) is 39.1 Å².